The number of nitrogens with one attached hydrogen (secondary N) is 1. The highest BCUT2D eigenvalue weighted by Gasteiger charge is 2.63. The summed E-state index contributed by atoms with van der Waals surface area (Å²) in [6, 6.07) is -1.29. The number of hydrogen-bond donors (Lipinski definition) is 5. The van der Waals surface area contributed by atoms with Crippen LogP contribution in [0.1, 0.15) is 91.9 Å². The highest BCUT2D eigenvalue weighted by Crippen LogP contribution is 2.68. The first-order valence-electron chi connectivity index (χ1n) is 14.0. The van der Waals surface area contributed by atoms with E-state index < -0.39 is 18.1 Å². The molecule has 0 saturated heterocycles. The summed E-state index contributed by atoms with van der Waals surface area (Å²) in [6.45, 7) is 8.26. The summed E-state index contributed by atoms with van der Waals surface area (Å²) < 4.78 is 0. The fourth-order valence-corrected chi connectivity index (χ4v) is 9.35. The molecule has 4 aliphatic carbocycles. The summed E-state index contributed by atoms with van der Waals surface area (Å²) in [6.07, 6.45) is 7.47. The summed E-state index contributed by atoms with van der Waals surface area (Å²) >= 11 is 0. The van der Waals surface area contributed by atoms with Crippen LogP contribution in [0.4, 0.5) is 0 Å². The van der Waals surface area contributed by atoms with Crippen molar-refractivity contribution >= 4 is 11.9 Å². The van der Waals surface area contributed by atoms with Gasteiger partial charge in [0.15, 0.2) is 6.04 Å². The average molecular weight is 494 g/mol. The van der Waals surface area contributed by atoms with Gasteiger partial charge in [0.1, 0.15) is 0 Å². The third kappa shape index (κ3) is 4.66. The van der Waals surface area contributed by atoms with Crippen LogP contribution in [0, 0.1) is 46.3 Å². The third-order valence-corrected chi connectivity index (χ3v) is 11.4. The number of fused-ring (bicyclic) bond motifs is 5. The molecule has 4 aliphatic rings. The molecule has 0 heterocycles. The molecule has 0 aliphatic heterocycles. The van der Waals surface area contributed by atoms with Crippen molar-refractivity contribution in [2.75, 3.05) is 0 Å². The summed E-state index contributed by atoms with van der Waals surface area (Å²) in [5.41, 5.74) is 0.0639. The van der Waals surface area contributed by atoms with E-state index >= 15 is 0 Å². The van der Waals surface area contributed by atoms with Crippen LogP contribution in [-0.4, -0.2) is 56.7 Å². The molecule has 4 rings (SSSR count). The molecule has 0 aromatic carbocycles. The van der Waals surface area contributed by atoms with Crippen molar-refractivity contribution < 1.29 is 30.0 Å². The van der Waals surface area contributed by atoms with Crippen molar-refractivity contribution in [3.63, 3.8) is 0 Å². The Hall–Kier alpha value is -1.18. The second kappa shape index (κ2) is 9.94. The number of carbonyl (C=O) groups excluding carboxylic acids is 1. The molecule has 4 fully saturated rings. The smallest absolute Gasteiger partial charge is 0.328 e. The normalized spacial score (nSPS) is 45.4. The minimum absolute atomic E-state index is 0.155. The van der Waals surface area contributed by atoms with Crippen molar-refractivity contribution in [2.45, 2.75) is 116 Å². The van der Waals surface area contributed by atoms with Crippen LogP contribution in [0.3, 0.4) is 0 Å². The molecule has 5 N–H and O–H groups in total. The zero-order valence-electron chi connectivity index (χ0n) is 21.9. The van der Waals surface area contributed by atoms with Crippen LogP contribution in [0.5, 0.6) is 0 Å². The van der Waals surface area contributed by atoms with Crippen LogP contribution < -0.4 is 5.32 Å². The molecular weight excluding hydrogens is 446 g/mol. The fourth-order valence-electron chi connectivity index (χ4n) is 9.35. The zero-order chi connectivity index (χ0) is 25.7. The number of carboxylic acid groups (broad SMARTS) is 1. The fraction of sp³-hybridized carbons (Fsp3) is 0.929. The Morgan fingerprint density at radius 2 is 1.71 bits per heavy atom. The van der Waals surface area contributed by atoms with E-state index in [2.05, 4.69) is 26.1 Å². The Bertz CT molecular complexity index is 802. The van der Waals surface area contributed by atoms with E-state index in [9.17, 15) is 30.0 Å². The number of rotatable bonds is 7. The van der Waals surface area contributed by atoms with Gasteiger partial charge < -0.3 is 25.7 Å². The zero-order valence-corrected chi connectivity index (χ0v) is 21.9. The monoisotopic (exact) mass is 493 g/mol. The lowest BCUT2D eigenvalue weighted by atomic mass is 9.43. The number of carboxylic acids is 1. The molecule has 0 aromatic rings. The van der Waals surface area contributed by atoms with Gasteiger partial charge in [0.05, 0.1) is 18.3 Å². The Kier molecular flexibility index (Phi) is 7.63. The minimum atomic E-state index is -1.29. The van der Waals surface area contributed by atoms with Gasteiger partial charge in [-0.3, -0.25) is 4.79 Å². The van der Waals surface area contributed by atoms with Gasteiger partial charge in [-0.05, 0) is 111 Å². The van der Waals surface area contributed by atoms with E-state index in [-0.39, 0.29) is 41.3 Å². The van der Waals surface area contributed by atoms with E-state index in [1.165, 1.54) is 19.8 Å². The quantitative estimate of drug-likeness (QED) is 0.370. The van der Waals surface area contributed by atoms with Gasteiger partial charge >= 0.3 is 5.97 Å². The van der Waals surface area contributed by atoms with Crippen molar-refractivity contribution in [1.29, 1.82) is 0 Å². The number of carbonyl (C=O) groups is 2. The van der Waals surface area contributed by atoms with Gasteiger partial charge in [-0.2, -0.15) is 0 Å². The average Bonchev–Trinajstić information content (AvgIpc) is 3.15. The molecule has 200 valence electrons. The van der Waals surface area contributed by atoms with Crippen LogP contribution >= 0.6 is 0 Å². The first kappa shape index (κ1) is 26.9. The SMILES string of the molecule is CC(O)C(NC(=O)CCC(C)C1CCC2C3CCC4CC(O)CCC4(C)C3CC(O)C12C)C(=O)O. The maximum absolute atomic E-state index is 12.4. The largest absolute Gasteiger partial charge is 0.480 e. The number of hydrogen-bond acceptors (Lipinski definition) is 5. The molecule has 7 heteroatoms. The lowest BCUT2D eigenvalue weighted by Crippen LogP contribution is -2.58. The Labute approximate surface area is 210 Å². The van der Waals surface area contributed by atoms with Crippen LogP contribution in [0.25, 0.3) is 0 Å². The maximum atomic E-state index is 12.4. The summed E-state index contributed by atoms with van der Waals surface area (Å²) in [7, 11) is 0. The lowest BCUT2D eigenvalue weighted by molar-refractivity contribution is -0.175. The van der Waals surface area contributed by atoms with Gasteiger partial charge in [-0.15, -0.1) is 0 Å². The summed E-state index contributed by atoms with van der Waals surface area (Å²) in [5.74, 6) is 1.21. The first-order chi connectivity index (χ1) is 16.4. The summed E-state index contributed by atoms with van der Waals surface area (Å²) in [4.78, 5) is 23.7. The maximum Gasteiger partial charge on any atom is 0.328 e. The second-order valence-electron chi connectivity index (χ2n) is 13.0. The lowest BCUT2D eigenvalue weighted by Gasteiger charge is -2.62. The van der Waals surface area contributed by atoms with Gasteiger partial charge in [0, 0.05) is 6.42 Å². The van der Waals surface area contributed by atoms with E-state index in [0.29, 0.717) is 36.0 Å². The number of aliphatic carboxylic acids is 1. The summed E-state index contributed by atoms with van der Waals surface area (Å²) in [5, 5.41) is 43.2. The van der Waals surface area contributed by atoms with Gasteiger partial charge in [0.25, 0.3) is 0 Å². The van der Waals surface area contributed by atoms with Crippen LogP contribution in [-0.2, 0) is 9.59 Å². The molecule has 1 amide bonds. The van der Waals surface area contributed by atoms with Crippen molar-refractivity contribution in [3.8, 4) is 0 Å². The van der Waals surface area contributed by atoms with Crippen LogP contribution in [0.15, 0.2) is 0 Å². The van der Waals surface area contributed by atoms with Crippen molar-refractivity contribution in [1.82, 2.24) is 5.32 Å². The molecule has 0 bridgehead atoms. The van der Waals surface area contributed by atoms with Gasteiger partial charge in [-0.1, -0.05) is 20.8 Å². The standard InChI is InChI=1S/C28H47NO6/c1-15(5-10-24(33)29-25(16(2)30)26(34)35)20-8-9-21-19-7-6-17-13-18(31)11-12-27(17,3)22(19)14-23(32)28(20,21)4/h15-23,25,30-32H,5-14H2,1-4H3,(H,29,33)(H,34,35). The van der Waals surface area contributed by atoms with Gasteiger partial charge in [0.2, 0.25) is 5.91 Å². The van der Waals surface area contributed by atoms with Crippen LogP contribution in [0.2, 0.25) is 0 Å². The molecule has 4 saturated carbocycles. The van der Waals surface area contributed by atoms with E-state index in [1.807, 2.05) is 0 Å². The van der Waals surface area contributed by atoms with E-state index in [1.54, 1.807) is 0 Å². The molecule has 7 nitrogen and oxygen atoms in total. The molecule has 0 aromatic heterocycles. The Balaban J connectivity index is 1.42. The Morgan fingerprint density at radius 3 is 2.37 bits per heavy atom. The topological polar surface area (TPSA) is 127 Å². The molecule has 0 radical (unpaired) electrons. The molecule has 12 unspecified atom stereocenters. The van der Waals surface area contributed by atoms with E-state index in [0.717, 1.165) is 38.5 Å². The predicted octanol–water partition coefficient (Wildman–Crippen LogP) is 3.34. The molecule has 0 spiro atoms. The van der Waals surface area contributed by atoms with Crippen molar-refractivity contribution in [3.05, 3.63) is 0 Å². The molecule has 35 heavy (non-hydrogen) atoms. The third-order valence-electron chi connectivity index (χ3n) is 11.4. The minimum Gasteiger partial charge on any atom is -0.480 e. The van der Waals surface area contributed by atoms with Gasteiger partial charge in [-0.25, -0.2) is 4.79 Å². The van der Waals surface area contributed by atoms with Crippen molar-refractivity contribution in [2.24, 2.45) is 46.3 Å². The highest BCUT2D eigenvalue weighted by molar-refractivity contribution is 5.83. The molecule has 12 atom stereocenters. The highest BCUT2D eigenvalue weighted by atomic mass is 16.4. The number of aliphatic hydroxyl groups excluding tert-OH is 3. The predicted molar refractivity (Wildman–Crippen MR) is 132 cm³/mol. The molecular formula is C28H47NO6. The van der Waals surface area contributed by atoms with E-state index in [4.69, 9.17) is 0 Å². The number of amides is 1. The Morgan fingerprint density at radius 1 is 1.00 bits per heavy atom. The second-order valence-corrected chi connectivity index (χ2v) is 13.0. The number of aliphatic hydroxyl groups is 3. The first-order valence-corrected chi connectivity index (χ1v) is 14.0.